The maximum atomic E-state index is 5.56. The predicted molar refractivity (Wildman–Crippen MR) is 70.9 cm³/mol. The van der Waals surface area contributed by atoms with Gasteiger partial charge in [0.15, 0.2) is 0 Å². The van der Waals surface area contributed by atoms with E-state index in [9.17, 15) is 0 Å². The number of nitrogens with two attached hydrogens (primary N) is 1. The Morgan fingerprint density at radius 3 is 2.59 bits per heavy atom. The minimum atomic E-state index is 0.620. The second-order valence-corrected chi connectivity index (χ2v) is 4.45. The first-order valence-corrected chi connectivity index (χ1v) is 5.93. The lowest BCUT2D eigenvalue weighted by atomic mass is 10.0. The van der Waals surface area contributed by atoms with Crippen molar-refractivity contribution < 1.29 is 0 Å². The van der Waals surface area contributed by atoms with Gasteiger partial charge in [0, 0.05) is 17.8 Å². The van der Waals surface area contributed by atoms with E-state index in [2.05, 4.69) is 44.1 Å². The van der Waals surface area contributed by atoms with E-state index in [0.717, 1.165) is 6.54 Å². The smallest absolute Gasteiger partial charge is 0.0571 e. The molecule has 0 aliphatic rings. The maximum Gasteiger partial charge on any atom is 0.0571 e. The zero-order valence-electron chi connectivity index (χ0n) is 10.7. The molecule has 2 rings (SSSR count). The minimum Gasteiger partial charge on any atom is -0.329 e. The molecule has 0 saturated carbocycles. The van der Waals surface area contributed by atoms with Crippen LogP contribution >= 0.6 is 0 Å². The molecule has 0 atom stereocenters. The van der Waals surface area contributed by atoms with E-state index in [-0.39, 0.29) is 0 Å². The van der Waals surface area contributed by atoms with E-state index >= 15 is 0 Å². The number of rotatable bonds is 3. The Balaban J connectivity index is 2.42. The highest BCUT2D eigenvalue weighted by molar-refractivity contribution is 5.66. The SMILES string of the molecule is Cc1ccc(-c2cnn(CCN)c2C)cc1C. The summed E-state index contributed by atoms with van der Waals surface area (Å²) in [4.78, 5) is 0. The van der Waals surface area contributed by atoms with Crippen LogP contribution < -0.4 is 5.73 Å². The van der Waals surface area contributed by atoms with Crippen molar-refractivity contribution in [1.82, 2.24) is 9.78 Å². The molecule has 0 spiro atoms. The van der Waals surface area contributed by atoms with Crippen LogP contribution in [0.3, 0.4) is 0 Å². The van der Waals surface area contributed by atoms with Gasteiger partial charge < -0.3 is 5.73 Å². The van der Waals surface area contributed by atoms with E-state index in [4.69, 9.17) is 5.73 Å². The van der Waals surface area contributed by atoms with Crippen molar-refractivity contribution in [3.63, 3.8) is 0 Å². The fourth-order valence-corrected chi connectivity index (χ4v) is 1.99. The summed E-state index contributed by atoms with van der Waals surface area (Å²) in [7, 11) is 0. The normalized spacial score (nSPS) is 10.8. The predicted octanol–water partition coefficient (Wildman–Crippen LogP) is 2.43. The Hall–Kier alpha value is -1.61. The zero-order valence-corrected chi connectivity index (χ0v) is 10.7. The number of hydrogen-bond acceptors (Lipinski definition) is 2. The summed E-state index contributed by atoms with van der Waals surface area (Å²) >= 11 is 0. The van der Waals surface area contributed by atoms with Gasteiger partial charge in [-0.15, -0.1) is 0 Å². The van der Waals surface area contributed by atoms with Crippen molar-refractivity contribution in [2.45, 2.75) is 27.3 Å². The monoisotopic (exact) mass is 229 g/mol. The van der Waals surface area contributed by atoms with E-state index < -0.39 is 0 Å². The van der Waals surface area contributed by atoms with Crippen LogP contribution in [0.15, 0.2) is 24.4 Å². The lowest BCUT2D eigenvalue weighted by molar-refractivity contribution is 0.608. The fourth-order valence-electron chi connectivity index (χ4n) is 1.99. The molecule has 0 fully saturated rings. The molecule has 1 aromatic carbocycles. The van der Waals surface area contributed by atoms with E-state index in [1.807, 2.05) is 10.9 Å². The molecule has 0 aliphatic heterocycles. The van der Waals surface area contributed by atoms with E-state index in [0.29, 0.717) is 6.54 Å². The fraction of sp³-hybridized carbons (Fsp3) is 0.357. The largest absolute Gasteiger partial charge is 0.329 e. The van der Waals surface area contributed by atoms with E-state index in [1.165, 1.54) is 27.9 Å². The van der Waals surface area contributed by atoms with Crippen molar-refractivity contribution in [1.29, 1.82) is 0 Å². The molecule has 1 heterocycles. The molecule has 0 radical (unpaired) electrons. The average Bonchev–Trinajstić information content (AvgIpc) is 2.66. The Bertz CT molecular complexity index is 526. The van der Waals surface area contributed by atoms with Gasteiger partial charge in [0.05, 0.1) is 12.7 Å². The third-order valence-electron chi connectivity index (χ3n) is 3.26. The van der Waals surface area contributed by atoms with Gasteiger partial charge in [-0.25, -0.2) is 0 Å². The Morgan fingerprint density at radius 1 is 1.18 bits per heavy atom. The van der Waals surface area contributed by atoms with Crippen LogP contribution in [0.5, 0.6) is 0 Å². The van der Waals surface area contributed by atoms with Gasteiger partial charge in [0.25, 0.3) is 0 Å². The van der Waals surface area contributed by atoms with Gasteiger partial charge >= 0.3 is 0 Å². The lowest BCUT2D eigenvalue weighted by Crippen LogP contribution is -2.12. The molecule has 3 heteroatoms. The number of benzene rings is 1. The first-order chi connectivity index (χ1) is 8.13. The molecule has 2 aromatic rings. The quantitative estimate of drug-likeness (QED) is 0.878. The Labute approximate surface area is 102 Å². The number of aryl methyl sites for hydroxylation is 2. The zero-order chi connectivity index (χ0) is 12.4. The molecule has 2 N–H and O–H groups in total. The van der Waals surface area contributed by atoms with Crippen LogP contribution in [-0.2, 0) is 6.54 Å². The molecule has 0 saturated heterocycles. The first-order valence-electron chi connectivity index (χ1n) is 5.93. The van der Waals surface area contributed by atoms with Gasteiger partial charge in [-0.3, -0.25) is 4.68 Å². The van der Waals surface area contributed by atoms with Crippen molar-refractivity contribution >= 4 is 0 Å². The van der Waals surface area contributed by atoms with E-state index in [1.54, 1.807) is 0 Å². The molecule has 0 aliphatic carbocycles. The number of nitrogens with zero attached hydrogens (tertiary/aromatic N) is 2. The summed E-state index contributed by atoms with van der Waals surface area (Å²) < 4.78 is 1.96. The summed E-state index contributed by atoms with van der Waals surface area (Å²) in [6.07, 6.45) is 1.93. The summed E-state index contributed by atoms with van der Waals surface area (Å²) in [5.41, 5.74) is 11.8. The molecular weight excluding hydrogens is 210 g/mol. The molecular formula is C14H19N3. The molecule has 0 amide bonds. The highest BCUT2D eigenvalue weighted by Gasteiger charge is 2.08. The Morgan fingerprint density at radius 2 is 1.94 bits per heavy atom. The highest BCUT2D eigenvalue weighted by Crippen LogP contribution is 2.24. The van der Waals surface area contributed by atoms with Gasteiger partial charge in [-0.05, 0) is 37.5 Å². The molecule has 0 bridgehead atoms. The summed E-state index contributed by atoms with van der Waals surface area (Å²) in [5, 5.41) is 4.37. The van der Waals surface area contributed by atoms with Crippen molar-refractivity contribution in [3.8, 4) is 11.1 Å². The molecule has 1 aromatic heterocycles. The summed E-state index contributed by atoms with van der Waals surface area (Å²) in [5.74, 6) is 0. The first kappa shape index (κ1) is 11.9. The number of aromatic nitrogens is 2. The lowest BCUT2D eigenvalue weighted by Gasteiger charge is -2.06. The van der Waals surface area contributed by atoms with Crippen molar-refractivity contribution in [2.24, 2.45) is 5.73 Å². The second-order valence-electron chi connectivity index (χ2n) is 4.45. The molecule has 90 valence electrons. The highest BCUT2D eigenvalue weighted by atomic mass is 15.3. The van der Waals surface area contributed by atoms with Crippen molar-refractivity contribution in [2.75, 3.05) is 6.54 Å². The minimum absolute atomic E-state index is 0.620. The molecule has 3 nitrogen and oxygen atoms in total. The van der Waals surface area contributed by atoms with Crippen LogP contribution in [0.4, 0.5) is 0 Å². The van der Waals surface area contributed by atoms with Crippen LogP contribution in [-0.4, -0.2) is 16.3 Å². The van der Waals surface area contributed by atoms with Crippen LogP contribution in [0.2, 0.25) is 0 Å². The summed E-state index contributed by atoms with van der Waals surface area (Å²) in [6.45, 7) is 7.75. The topological polar surface area (TPSA) is 43.8 Å². The average molecular weight is 229 g/mol. The third-order valence-corrected chi connectivity index (χ3v) is 3.26. The third kappa shape index (κ3) is 2.24. The standard InChI is InChI=1S/C14H19N3/c1-10-4-5-13(8-11(10)2)14-9-16-17(7-6-15)12(14)3/h4-5,8-9H,6-7,15H2,1-3H3. The second kappa shape index (κ2) is 4.72. The van der Waals surface area contributed by atoms with Crippen LogP contribution in [0.25, 0.3) is 11.1 Å². The maximum absolute atomic E-state index is 5.56. The van der Waals surface area contributed by atoms with Gasteiger partial charge in [0.2, 0.25) is 0 Å². The van der Waals surface area contributed by atoms with Gasteiger partial charge in [-0.2, -0.15) is 5.10 Å². The van der Waals surface area contributed by atoms with Gasteiger partial charge in [0.1, 0.15) is 0 Å². The van der Waals surface area contributed by atoms with Crippen molar-refractivity contribution in [3.05, 3.63) is 41.2 Å². The Kier molecular flexibility index (Phi) is 3.29. The molecule has 17 heavy (non-hydrogen) atoms. The van der Waals surface area contributed by atoms with Crippen LogP contribution in [0.1, 0.15) is 16.8 Å². The number of hydrogen-bond donors (Lipinski definition) is 1. The summed E-state index contributed by atoms with van der Waals surface area (Å²) in [6, 6.07) is 6.52. The molecule has 0 unspecified atom stereocenters. The van der Waals surface area contributed by atoms with Crippen LogP contribution in [0, 0.1) is 20.8 Å². The van der Waals surface area contributed by atoms with Gasteiger partial charge in [-0.1, -0.05) is 18.2 Å².